The summed E-state index contributed by atoms with van der Waals surface area (Å²) in [6.07, 6.45) is 1.24. The van der Waals surface area contributed by atoms with E-state index in [0.717, 1.165) is 12.2 Å². The second-order valence-corrected chi connectivity index (χ2v) is 9.37. The quantitative estimate of drug-likeness (QED) is 0.596. The van der Waals surface area contributed by atoms with Crippen molar-refractivity contribution in [3.8, 4) is 5.75 Å². The van der Waals surface area contributed by atoms with Crippen LogP contribution in [0, 0.1) is 0 Å². The lowest BCUT2D eigenvalue weighted by molar-refractivity contribution is 0.232. The van der Waals surface area contributed by atoms with Gasteiger partial charge in [0.05, 0.1) is 6.10 Å². The predicted molar refractivity (Wildman–Crippen MR) is 103 cm³/mol. The number of ether oxygens (including phenoxy) is 1. The van der Waals surface area contributed by atoms with E-state index in [0.29, 0.717) is 5.92 Å². The highest BCUT2D eigenvalue weighted by Crippen LogP contribution is 2.44. The first-order valence-electron chi connectivity index (χ1n) is 9.18. The highest BCUT2D eigenvalue weighted by Gasteiger charge is 2.31. The maximum atomic E-state index is 6.37. The molecule has 0 amide bonds. The summed E-state index contributed by atoms with van der Waals surface area (Å²) < 4.78 is 6.37. The summed E-state index contributed by atoms with van der Waals surface area (Å²) in [4.78, 5) is 0. The Hall–Kier alpha value is -0.980. The normalized spacial score (nSPS) is 13.1. The number of rotatable bonds is 4. The average Bonchev–Trinajstić information content (AvgIpc) is 2.33. The molecule has 132 valence electrons. The van der Waals surface area contributed by atoms with Gasteiger partial charge in [0.15, 0.2) is 0 Å². The van der Waals surface area contributed by atoms with Crippen molar-refractivity contribution in [2.75, 3.05) is 0 Å². The molecule has 1 heteroatoms. The lowest BCUT2D eigenvalue weighted by Gasteiger charge is -2.34. The van der Waals surface area contributed by atoms with Gasteiger partial charge in [-0.3, -0.25) is 0 Å². The van der Waals surface area contributed by atoms with Crippen LogP contribution in [0.5, 0.6) is 5.75 Å². The molecule has 0 aliphatic heterocycles. The molecule has 0 bridgehead atoms. The molecule has 1 nitrogen and oxygen atoms in total. The minimum Gasteiger partial charge on any atom is -0.490 e. The van der Waals surface area contributed by atoms with Crippen molar-refractivity contribution in [2.45, 2.75) is 105 Å². The zero-order valence-electron chi connectivity index (χ0n) is 17.3. The second kappa shape index (κ2) is 6.87. The van der Waals surface area contributed by atoms with Crippen LogP contribution in [0.2, 0.25) is 0 Å². The molecule has 0 radical (unpaired) electrons. The Morgan fingerprint density at radius 1 is 0.913 bits per heavy atom. The molecular weight excluding hydrogens is 280 g/mol. The van der Waals surface area contributed by atoms with Gasteiger partial charge in [-0.25, -0.2) is 0 Å². The molecular formula is C22H38O. The molecule has 1 aromatic carbocycles. The van der Waals surface area contributed by atoms with Crippen LogP contribution in [0.3, 0.4) is 0 Å². The molecule has 0 saturated heterocycles. The zero-order valence-corrected chi connectivity index (χ0v) is 17.3. The SMILES string of the molecule is CCc1c(C(C)(C)C)cc(C(C)C)c(OC(C)C)c1C(C)(C)C. The van der Waals surface area contributed by atoms with Gasteiger partial charge in [-0.05, 0) is 53.7 Å². The summed E-state index contributed by atoms with van der Waals surface area (Å²) in [6, 6.07) is 2.41. The first-order chi connectivity index (χ1) is 10.3. The average molecular weight is 319 g/mol. The summed E-state index contributed by atoms with van der Waals surface area (Å²) in [5.41, 5.74) is 5.93. The first kappa shape index (κ1) is 20.1. The van der Waals surface area contributed by atoms with Crippen LogP contribution in [-0.2, 0) is 17.3 Å². The Morgan fingerprint density at radius 2 is 1.43 bits per heavy atom. The molecule has 0 spiro atoms. The smallest absolute Gasteiger partial charge is 0.127 e. The molecule has 0 aliphatic carbocycles. The fourth-order valence-corrected chi connectivity index (χ4v) is 3.35. The molecule has 1 aromatic rings. The van der Waals surface area contributed by atoms with Gasteiger partial charge in [0, 0.05) is 5.56 Å². The topological polar surface area (TPSA) is 9.23 Å². The maximum absolute atomic E-state index is 6.37. The van der Waals surface area contributed by atoms with Crippen LogP contribution in [-0.4, -0.2) is 6.10 Å². The summed E-state index contributed by atoms with van der Waals surface area (Å²) in [6.45, 7) is 25.0. The third-order valence-corrected chi connectivity index (χ3v) is 4.30. The molecule has 0 atom stereocenters. The largest absolute Gasteiger partial charge is 0.490 e. The van der Waals surface area contributed by atoms with Crippen LogP contribution >= 0.6 is 0 Å². The van der Waals surface area contributed by atoms with E-state index in [9.17, 15) is 0 Å². The third-order valence-electron chi connectivity index (χ3n) is 4.30. The van der Waals surface area contributed by atoms with E-state index in [2.05, 4.69) is 82.2 Å². The van der Waals surface area contributed by atoms with Gasteiger partial charge in [0.25, 0.3) is 0 Å². The standard InChI is InChI=1S/C22H38O/c1-12-16-18(21(6,7)8)13-17(14(2)3)20(23-15(4)5)19(16)22(9,10)11/h13-15H,12H2,1-11H3. The van der Waals surface area contributed by atoms with Crippen LogP contribution in [0.25, 0.3) is 0 Å². The summed E-state index contributed by atoms with van der Waals surface area (Å²) >= 11 is 0. The fourth-order valence-electron chi connectivity index (χ4n) is 3.35. The Kier molecular flexibility index (Phi) is 5.99. The van der Waals surface area contributed by atoms with E-state index >= 15 is 0 Å². The highest BCUT2D eigenvalue weighted by molar-refractivity contribution is 5.56. The third kappa shape index (κ3) is 4.52. The van der Waals surface area contributed by atoms with E-state index in [1.54, 1.807) is 0 Å². The predicted octanol–water partition coefficient (Wildman–Crippen LogP) is 6.75. The van der Waals surface area contributed by atoms with E-state index in [-0.39, 0.29) is 16.9 Å². The van der Waals surface area contributed by atoms with Gasteiger partial charge >= 0.3 is 0 Å². The van der Waals surface area contributed by atoms with Crippen molar-refractivity contribution in [2.24, 2.45) is 0 Å². The summed E-state index contributed by atoms with van der Waals surface area (Å²) in [5.74, 6) is 1.59. The number of hydrogen-bond donors (Lipinski definition) is 0. The molecule has 23 heavy (non-hydrogen) atoms. The van der Waals surface area contributed by atoms with Gasteiger partial charge < -0.3 is 4.74 Å². The van der Waals surface area contributed by atoms with Crippen molar-refractivity contribution in [1.82, 2.24) is 0 Å². The zero-order chi connectivity index (χ0) is 18.2. The molecule has 0 heterocycles. The minimum absolute atomic E-state index is 0.0699. The lowest BCUT2D eigenvalue weighted by atomic mass is 9.73. The van der Waals surface area contributed by atoms with Crippen LogP contribution in [0.15, 0.2) is 6.07 Å². The molecule has 1 rings (SSSR count). The number of benzene rings is 1. The lowest BCUT2D eigenvalue weighted by Crippen LogP contribution is -2.24. The fraction of sp³-hybridized carbons (Fsp3) is 0.727. The van der Waals surface area contributed by atoms with Crippen molar-refractivity contribution in [1.29, 1.82) is 0 Å². The summed E-state index contributed by atoms with van der Waals surface area (Å²) in [7, 11) is 0. The molecule has 0 aromatic heterocycles. The monoisotopic (exact) mass is 318 g/mol. The molecule has 0 unspecified atom stereocenters. The molecule has 0 aliphatic rings. The van der Waals surface area contributed by atoms with Crippen LogP contribution in [0.4, 0.5) is 0 Å². The Morgan fingerprint density at radius 3 is 1.74 bits per heavy atom. The van der Waals surface area contributed by atoms with Crippen molar-refractivity contribution in [3.05, 3.63) is 28.3 Å². The first-order valence-corrected chi connectivity index (χ1v) is 9.18. The Balaban J connectivity index is 3.93. The van der Waals surface area contributed by atoms with E-state index in [4.69, 9.17) is 4.74 Å². The van der Waals surface area contributed by atoms with Crippen molar-refractivity contribution < 1.29 is 4.74 Å². The number of hydrogen-bond acceptors (Lipinski definition) is 1. The molecule has 0 N–H and O–H groups in total. The summed E-state index contributed by atoms with van der Waals surface area (Å²) in [5, 5.41) is 0. The highest BCUT2D eigenvalue weighted by atomic mass is 16.5. The van der Waals surface area contributed by atoms with Gasteiger partial charge in [0.1, 0.15) is 5.75 Å². The van der Waals surface area contributed by atoms with E-state index in [1.807, 2.05) is 0 Å². The molecule has 0 saturated carbocycles. The van der Waals surface area contributed by atoms with Gasteiger partial charge in [0.2, 0.25) is 0 Å². The Labute approximate surface area is 144 Å². The van der Waals surface area contributed by atoms with Gasteiger partial charge in [-0.1, -0.05) is 68.4 Å². The van der Waals surface area contributed by atoms with E-state index in [1.165, 1.54) is 22.3 Å². The van der Waals surface area contributed by atoms with Gasteiger partial charge in [-0.2, -0.15) is 0 Å². The minimum atomic E-state index is 0.0699. The molecule has 0 fully saturated rings. The van der Waals surface area contributed by atoms with Gasteiger partial charge in [-0.15, -0.1) is 0 Å². The van der Waals surface area contributed by atoms with Crippen LogP contribution < -0.4 is 4.74 Å². The van der Waals surface area contributed by atoms with E-state index < -0.39 is 0 Å². The van der Waals surface area contributed by atoms with Crippen molar-refractivity contribution in [3.63, 3.8) is 0 Å². The van der Waals surface area contributed by atoms with Crippen molar-refractivity contribution >= 4 is 0 Å². The second-order valence-electron chi connectivity index (χ2n) is 9.37. The van der Waals surface area contributed by atoms with Crippen LogP contribution in [0.1, 0.15) is 104 Å². The Bertz CT molecular complexity index is 537. The maximum Gasteiger partial charge on any atom is 0.127 e.